The summed E-state index contributed by atoms with van der Waals surface area (Å²) in [5.74, 6) is -0.401. The molecule has 48 heavy (non-hydrogen) atoms. The molecule has 0 N–H and O–H groups in total. The summed E-state index contributed by atoms with van der Waals surface area (Å²) in [6.45, 7) is 8.19. The van der Waals surface area contributed by atoms with Crippen LogP contribution in [0.1, 0.15) is 251 Å². The second kappa shape index (κ2) is 37.4. The number of rotatable bonds is 39. The molecule has 0 aliphatic heterocycles. The van der Waals surface area contributed by atoms with Crippen molar-refractivity contribution in [2.75, 3.05) is 0 Å². The van der Waals surface area contributed by atoms with Crippen LogP contribution in [0.2, 0.25) is 13.1 Å². The fourth-order valence-electron chi connectivity index (χ4n) is 6.84. The molecule has 0 aromatic rings. The van der Waals surface area contributed by atoms with E-state index in [1.807, 2.05) is 13.1 Å². The minimum Gasteiger partial charge on any atom is -0.485 e. The molecular weight excluding hydrogens is 609 g/mol. The number of carbonyl (C=O) groups excluding carboxylic acids is 2. The van der Waals surface area contributed by atoms with Crippen LogP contribution in [-0.2, 0) is 18.4 Å². The zero-order chi connectivity index (χ0) is 35.2. The number of hydrogen-bond acceptors (Lipinski definition) is 4. The predicted octanol–water partition coefficient (Wildman–Crippen LogP) is 15.2. The van der Waals surface area contributed by atoms with Gasteiger partial charge in [-0.3, -0.25) is 9.59 Å². The average molecular weight is 695 g/mol. The average Bonchev–Trinajstić information content (AvgIpc) is 3.05. The maximum Gasteiger partial charge on any atom is 0.457 e. The quantitative estimate of drug-likeness (QED) is 0.0475. The van der Waals surface area contributed by atoms with Gasteiger partial charge in [0.1, 0.15) is 0 Å². The van der Waals surface area contributed by atoms with E-state index < -0.39 is 8.56 Å². The highest BCUT2D eigenvalue weighted by Crippen LogP contribution is 2.18. The van der Waals surface area contributed by atoms with Crippen molar-refractivity contribution < 1.29 is 18.4 Å². The molecule has 4 nitrogen and oxygen atoms in total. The van der Waals surface area contributed by atoms with Crippen LogP contribution in [0.15, 0.2) is 0 Å². The molecule has 0 aromatic carbocycles. The maximum absolute atomic E-state index is 12.4. The fourth-order valence-corrected chi connectivity index (χ4v) is 8.18. The van der Waals surface area contributed by atoms with Crippen LogP contribution in [-0.4, -0.2) is 20.5 Å². The van der Waals surface area contributed by atoms with Crippen LogP contribution >= 0.6 is 0 Å². The van der Waals surface area contributed by atoms with E-state index in [1.54, 1.807) is 0 Å². The molecule has 0 saturated heterocycles. The highest BCUT2D eigenvalue weighted by atomic mass is 28.4. The Bertz CT molecular complexity index is 680. The second-order valence-electron chi connectivity index (χ2n) is 15.5. The molecule has 0 aliphatic rings. The molecule has 0 saturated carbocycles. The van der Waals surface area contributed by atoms with Gasteiger partial charge in [-0.05, 0) is 12.8 Å². The summed E-state index contributed by atoms with van der Waals surface area (Å²) in [5, 5.41) is 0. The van der Waals surface area contributed by atoms with Gasteiger partial charge in [-0.15, -0.1) is 0 Å². The molecule has 5 heteroatoms. The summed E-state index contributed by atoms with van der Waals surface area (Å²) in [7, 11) is -2.75. The van der Waals surface area contributed by atoms with Crippen LogP contribution < -0.4 is 0 Å². The molecule has 0 unspecified atom stereocenters. The monoisotopic (exact) mass is 695 g/mol. The van der Waals surface area contributed by atoms with Crippen molar-refractivity contribution in [2.24, 2.45) is 0 Å². The zero-order valence-corrected chi connectivity index (χ0v) is 34.3. The van der Waals surface area contributed by atoms with Crippen LogP contribution in [0.3, 0.4) is 0 Å². The van der Waals surface area contributed by atoms with Gasteiger partial charge < -0.3 is 8.85 Å². The van der Waals surface area contributed by atoms with Crippen molar-refractivity contribution in [1.82, 2.24) is 0 Å². The first kappa shape index (κ1) is 47.2. The number of unbranched alkanes of at least 4 members (excludes halogenated alkanes) is 33. The first-order valence-corrected chi connectivity index (χ1v) is 24.7. The minimum atomic E-state index is -2.75. The lowest BCUT2D eigenvalue weighted by Gasteiger charge is -2.22. The molecule has 0 atom stereocenters. The van der Waals surface area contributed by atoms with Crippen molar-refractivity contribution in [3.8, 4) is 0 Å². The molecule has 286 valence electrons. The highest BCUT2D eigenvalue weighted by molar-refractivity contribution is 6.67. The number of hydrogen-bond donors (Lipinski definition) is 0. The molecule has 0 heterocycles. The van der Waals surface area contributed by atoms with Gasteiger partial charge >= 0.3 is 8.56 Å². The van der Waals surface area contributed by atoms with Crippen molar-refractivity contribution >= 4 is 20.5 Å². The fraction of sp³-hybridized carbons (Fsp3) is 0.953. The largest absolute Gasteiger partial charge is 0.485 e. The third-order valence-electron chi connectivity index (χ3n) is 9.94. The number of carbonyl (C=O) groups is 2. The van der Waals surface area contributed by atoms with Gasteiger partial charge in [0, 0.05) is 25.9 Å². The van der Waals surface area contributed by atoms with Crippen LogP contribution in [0.4, 0.5) is 0 Å². The summed E-state index contributed by atoms with van der Waals surface area (Å²) in [5.41, 5.74) is 0. The van der Waals surface area contributed by atoms with Crippen molar-refractivity contribution in [2.45, 2.75) is 265 Å². The van der Waals surface area contributed by atoms with E-state index in [4.69, 9.17) is 8.85 Å². The first-order valence-electron chi connectivity index (χ1n) is 21.8. The lowest BCUT2D eigenvalue weighted by molar-refractivity contribution is -0.141. The third-order valence-corrected chi connectivity index (χ3v) is 11.4. The summed E-state index contributed by atoms with van der Waals surface area (Å²) < 4.78 is 11.3. The van der Waals surface area contributed by atoms with Crippen molar-refractivity contribution in [3.63, 3.8) is 0 Å². The Kier molecular flexibility index (Phi) is 36.8. The van der Waals surface area contributed by atoms with Gasteiger partial charge in [-0.1, -0.05) is 226 Å². The van der Waals surface area contributed by atoms with Gasteiger partial charge in [-0.25, -0.2) is 0 Å². The summed E-state index contributed by atoms with van der Waals surface area (Å²) >= 11 is 0. The smallest absolute Gasteiger partial charge is 0.457 e. The standard InChI is InChI=1S/C43H86O4Si/c1-5-7-9-11-13-15-17-19-21-22-23-24-25-27-29-31-33-35-37-39-41-43(45)47-48(3,4)46-42(44)40-38-36-34-32-30-28-26-20-18-16-14-12-10-8-6-2/h5-41H2,1-4H3. The lowest BCUT2D eigenvalue weighted by atomic mass is 10.0. The Labute approximate surface area is 302 Å². The Morgan fingerprint density at radius 3 is 0.667 bits per heavy atom. The molecule has 0 rings (SSSR count). The molecule has 0 amide bonds. The van der Waals surface area contributed by atoms with Gasteiger partial charge in [-0.2, -0.15) is 0 Å². The molecule has 0 aromatic heterocycles. The third kappa shape index (κ3) is 38.0. The van der Waals surface area contributed by atoms with Gasteiger partial charge in [0.25, 0.3) is 11.9 Å². The normalized spacial score (nSPS) is 11.7. The second-order valence-corrected chi connectivity index (χ2v) is 18.7. The van der Waals surface area contributed by atoms with Gasteiger partial charge in [0.15, 0.2) is 0 Å². The molecule has 0 aliphatic carbocycles. The zero-order valence-electron chi connectivity index (χ0n) is 33.3. The minimum absolute atomic E-state index is 0.200. The lowest BCUT2D eigenvalue weighted by Crippen LogP contribution is -2.39. The van der Waals surface area contributed by atoms with Crippen LogP contribution in [0.25, 0.3) is 0 Å². The topological polar surface area (TPSA) is 52.6 Å². The Balaban J connectivity index is 3.47. The van der Waals surface area contributed by atoms with E-state index in [9.17, 15) is 9.59 Å². The predicted molar refractivity (Wildman–Crippen MR) is 212 cm³/mol. The Morgan fingerprint density at radius 1 is 0.312 bits per heavy atom. The molecule has 0 spiro atoms. The van der Waals surface area contributed by atoms with Crippen LogP contribution in [0, 0.1) is 0 Å². The molecule has 0 fully saturated rings. The summed E-state index contributed by atoms with van der Waals surface area (Å²) in [4.78, 5) is 24.7. The van der Waals surface area contributed by atoms with Crippen molar-refractivity contribution in [1.29, 1.82) is 0 Å². The van der Waals surface area contributed by atoms with Crippen LogP contribution in [0.5, 0.6) is 0 Å². The molecular formula is C43H86O4Si. The van der Waals surface area contributed by atoms with E-state index in [0.717, 1.165) is 25.7 Å². The van der Waals surface area contributed by atoms with E-state index in [2.05, 4.69) is 13.8 Å². The molecule has 0 bridgehead atoms. The highest BCUT2D eigenvalue weighted by Gasteiger charge is 2.33. The van der Waals surface area contributed by atoms with Gasteiger partial charge in [0.2, 0.25) is 0 Å². The van der Waals surface area contributed by atoms with E-state index >= 15 is 0 Å². The summed E-state index contributed by atoms with van der Waals surface area (Å²) in [6.07, 6.45) is 47.5. The Hall–Kier alpha value is -0.843. The first-order chi connectivity index (χ1) is 23.4. The van der Waals surface area contributed by atoms with E-state index in [-0.39, 0.29) is 11.9 Å². The maximum atomic E-state index is 12.4. The molecule has 0 radical (unpaired) electrons. The van der Waals surface area contributed by atoms with Gasteiger partial charge in [0.05, 0.1) is 0 Å². The summed E-state index contributed by atoms with van der Waals surface area (Å²) in [6, 6.07) is 0. The SMILES string of the molecule is CCCCCCCCCCCCCCCCCCCCCCC(=O)O[Si](C)(C)OC(=O)CCCCCCCCCCCCCCCCC. The van der Waals surface area contributed by atoms with E-state index in [0.29, 0.717) is 12.8 Å². The van der Waals surface area contributed by atoms with Crippen molar-refractivity contribution in [3.05, 3.63) is 0 Å². The van der Waals surface area contributed by atoms with E-state index in [1.165, 1.54) is 199 Å². The Morgan fingerprint density at radius 2 is 0.479 bits per heavy atom.